The Hall–Kier alpha value is -3.48. The Labute approximate surface area is 175 Å². The number of nitrogens with one attached hydrogen (secondary N) is 1. The molecule has 0 bridgehead atoms. The summed E-state index contributed by atoms with van der Waals surface area (Å²) < 4.78 is 1.95. The first kappa shape index (κ1) is 19.8. The highest BCUT2D eigenvalue weighted by molar-refractivity contribution is 5.93. The average molecular weight is 403 g/mol. The predicted molar refractivity (Wildman–Crippen MR) is 114 cm³/mol. The number of amides is 2. The van der Waals surface area contributed by atoms with Gasteiger partial charge >= 0.3 is 0 Å². The highest BCUT2D eigenvalue weighted by atomic mass is 16.2. The van der Waals surface area contributed by atoms with Crippen LogP contribution in [0.3, 0.4) is 0 Å². The van der Waals surface area contributed by atoms with Gasteiger partial charge < -0.3 is 11.1 Å². The van der Waals surface area contributed by atoms with Crippen LogP contribution in [0.15, 0.2) is 54.7 Å². The van der Waals surface area contributed by atoms with Crippen LogP contribution in [-0.2, 0) is 4.79 Å². The molecule has 0 spiro atoms. The summed E-state index contributed by atoms with van der Waals surface area (Å²) in [4.78, 5) is 23.4. The van der Waals surface area contributed by atoms with Crippen molar-refractivity contribution >= 4 is 11.8 Å². The van der Waals surface area contributed by atoms with Crippen molar-refractivity contribution in [3.63, 3.8) is 0 Å². The standard InChI is InChI=1S/C23H25N5O2/c1-2-25-23(30)19-11-12-20(13-19)28-21(14-26-27-28)17-7-3-15(4-8-17)16-5-9-18(10-6-16)22(24)29/h3-10,14,19-20H,2,11-13H2,1H3,(H2,24,29)(H,25,30)/t19-,20+/m0/s1. The summed E-state index contributed by atoms with van der Waals surface area (Å²) in [6.45, 7) is 2.60. The molecule has 1 heterocycles. The fraction of sp³-hybridized carbons (Fsp3) is 0.304. The summed E-state index contributed by atoms with van der Waals surface area (Å²) in [5.74, 6) is -0.259. The van der Waals surface area contributed by atoms with Crippen LogP contribution in [0.5, 0.6) is 0 Å². The number of nitrogens with two attached hydrogens (primary N) is 1. The Morgan fingerprint density at radius 3 is 2.30 bits per heavy atom. The van der Waals surface area contributed by atoms with Crippen molar-refractivity contribution in [3.05, 3.63) is 60.3 Å². The van der Waals surface area contributed by atoms with Crippen LogP contribution in [0.4, 0.5) is 0 Å². The second-order valence-corrected chi connectivity index (χ2v) is 7.64. The number of primary amides is 1. The SMILES string of the molecule is CCNC(=O)[C@H]1CC[C@@H](n2nncc2-c2ccc(-c3ccc(C(N)=O)cc3)cc2)C1. The van der Waals surface area contributed by atoms with Crippen LogP contribution >= 0.6 is 0 Å². The van der Waals surface area contributed by atoms with Crippen molar-refractivity contribution in [1.82, 2.24) is 20.3 Å². The molecule has 154 valence electrons. The number of hydrogen-bond acceptors (Lipinski definition) is 4. The molecule has 2 aromatic carbocycles. The maximum Gasteiger partial charge on any atom is 0.248 e. The molecule has 2 atom stereocenters. The first-order valence-electron chi connectivity index (χ1n) is 10.3. The number of carbonyl (C=O) groups excluding carboxylic acids is 2. The second-order valence-electron chi connectivity index (χ2n) is 7.64. The number of carbonyl (C=O) groups is 2. The first-order chi connectivity index (χ1) is 14.6. The minimum absolute atomic E-state index is 0.0396. The maximum atomic E-state index is 12.2. The van der Waals surface area contributed by atoms with Crippen molar-refractivity contribution in [2.75, 3.05) is 6.54 Å². The quantitative estimate of drug-likeness (QED) is 0.660. The summed E-state index contributed by atoms with van der Waals surface area (Å²) in [5, 5.41) is 11.4. The van der Waals surface area contributed by atoms with E-state index >= 15 is 0 Å². The van der Waals surface area contributed by atoms with E-state index in [1.165, 1.54) is 0 Å². The lowest BCUT2D eigenvalue weighted by Crippen LogP contribution is -2.29. The van der Waals surface area contributed by atoms with Gasteiger partial charge in [-0.25, -0.2) is 4.68 Å². The summed E-state index contributed by atoms with van der Waals surface area (Å²) >= 11 is 0. The van der Waals surface area contributed by atoms with Gasteiger partial charge in [-0.15, -0.1) is 5.10 Å². The monoisotopic (exact) mass is 403 g/mol. The van der Waals surface area contributed by atoms with Crippen molar-refractivity contribution in [2.24, 2.45) is 11.7 Å². The molecule has 0 aliphatic heterocycles. The Balaban J connectivity index is 1.52. The molecule has 1 saturated carbocycles. The molecule has 30 heavy (non-hydrogen) atoms. The van der Waals surface area contributed by atoms with Gasteiger partial charge in [0.15, 0.2) is 0 Å². The van der Waals surface area contributed by atoms with Crippen LogP contribution in [-0.4, -0.2) is 33.4 Å². The number of benzene rings is 2. The predicted octanol–water partition coefficient (Wildman–Crippen LogP) is 3.19. The van der Waals surface area contributed by atoms with Gasteiger partial charge in [0, 0.05) is 23.6 Å². The Kier molecular flexibility index (Phi) is 5.61. The van der Waals surface area contributed by atoms with Gasteiger partial charge in [0.2, 0.25) is 11.8 Å². The summed E-state index contributed by atoms with van der Waals surface area (Å²) in [5.41, 5.74) is 9.84. The Bertz CT molecular complexity index is 1040. The Morgan fingerprint density at radius 2 is 1.67 bits per heavy atom. The molecule has 3 aromatic rings. The van der Waals surface area contributed by atoms with Crippen LogP contribution < -0.4 is 11.1 Å². The highest BCUT2D eigenvalue weighted by Gasteiger charge is 2.32. The molecule has 3 N–H and O–H groups in total. The van der Waals surface area contributed by atoms with Crippen LogP contribution in [0, 0.1) is 5.92 Å². The van der Waals surface area contributed by atoms with Gasteiger partial charge in [0.05, 0.1) is 17.9 Å². The van der Waals surface area contributed by atoms with Gasteiger partial charge in [-0.05, 0) is 49.4 Å². The molecular formula is C23H25N5O2. The molecule has 0 radical (unpaired) electrons. The number of hydrogen-bond donors (Lipinski definition) is 2. The molecule has 1 fully saturated rings. The lowest BCUT2D eigenvalue weighted by Gasteiger charge is -2.14. The zero-order valence-corrected chi connectivity index (χ0v) is 16.9. The molecule has 0 unspecified atom stereocenters. The molecule has 7 nitrogen and oxygen atoms in total. The fourth-order valence-electron chi connectivity index (χ4n) is 4.12. The maximum absolute atomic E-state index is 12.2. The van der Waals surface area contributed by atoms with Gasteiger partial charge in [-0.3, -0.25) is 9.59 Å². The molecule has 7 heteroatoms. The van der Waals surface area contributed by atoms with E-state index < -0.39 is 5.91 Å². The van der Waals surface area contributed by atoms with Crippen molar-refractivity contribution < 1.29 is 9.59 Å². The molecular weight excluding hydrogens is 378 g/mol. The number of nitrogens with zero attached hydrogens (tertiary/aromatic N) is 3. The largest absolute Gasteiger partial charge is 0.366 e. The van der Waals surface area contributed by atoms with Crippen LogP contribution in [0.1, 0.15) is 42.6 Å². The van der Waals surface area contributed by atoms with E-state index in [1.54, 1.807) is 18.3 Å². The van der Waals surface area contributed by atoms with Gasteiger partial charge in [0.1, 0.15) is 0 Å². The van der Waals surface area contributed by atoms with Crippen LogP contribution in [0.25, 0.3) is 22.4 Å². The molecule has 2 amide bonds. The molecule has 0 saturated heterocycles. The van der Waals surface area contributed by atoms with E-state index in [9.17, 15) is 9.59 Å². The molecule has 4 rings (SSSR count). The summed E-state index contributed by atoms with van der Waals surface area (Å²) in [6.07, 6.45) is 4.35. The topological polar surface area (TPSA) is 103 Å². The van der Waals surface area contributed by atoms with Crippen molar-refractivity contribution in [1.29, 1.82) is 0 Å². The van der Waals surface area contributed by atoms with E-state index in [0.717, 1.165) is 41.6 Å². The van der Waals surface area contributed by atoms with Crippen LogP contribution in [0.2, 0.25) is 0 Å². The normalized spacial score (nSPS) is 18.3. The smallest absolute Gasteiger partial charge is 0.248 e. The Morgan fingerprint density at radius 1 is 1.03 bits per heavy atom. The zero-order valence-electron chi connectivity index (χ0n) is 16.9. The van der Waals surface area contributed by atoms with E-state index in [2.05, 4.69) is 15.6 Å². The molecule has 1 aliphatic carbocycles. The molecule has 1 aliphatic rings. The highest BCUT2D eigenvalue weighted by Crippen LogP contribution is 2.37. The van der Waals surface area contributed by atoms with Crippen molar-refractivity contribution in [3.8, 4) is 22.4 Å². The lowest BCUT2D eigenvalue weighted by molar-refractivity contribution is -0.124. The average Bonchev–Trinajstić information content (AvgIpc) is 3.44. The van der Waals surface area contributed by atoms with E-state index in [-0.39, 0.29) is 17.9 Å². The third-order valence-corrected chi connectivity index (χ3v) is 5.73. The van der Waals surface area contributed by atoms with E-state index in [4.69, 9.17) is 5.73 Å². The molecule has 1 aromatic heterocycles. The first-order valence-corrected chi connectivity index (χ1v) is 10.3. The lowest BCUT2D eigenvalue weighted by atomic mass is 10.0. The summed E-state index contributed by atoms with van der Waals surface area (Å²) in [7, 11) is 0. The minimum Gasteiger partial charge on any atom is -0.366 e. The third kappa shape index (κ3) is 3.96. The third-order valence-electron chi connectivity index (χ3n) is 5.73. The van der Waals surface area contributed by atoms with Gasteiger partial charge in [-0.1, -0.05) is 41.6 Å². The number of aromatic nitrogens is 3. The van der Waals surface area contributed by atoms with Gasteiger partial charge in [0.25, 0.3) is 0 Å². The second kappa shape index (κ2) is 8.49. The number of rotatable bonds is 6. The summed E-state index contributed by atoms with van der Waals surface area (Å²) in [6, 6.07) is 15.6. The fourth-order valence-corrected chi connectivity index (χ4v) is 4.12. The van der Waals surface area contributed by atoms with E-state index in [1.807, 2.05) is 48.0 Å². The zero-order chi connectivity index (χ0) is 21.1. The minimum atomic E-state index is -0.431. The van der Waals surface area contributed by atoms with E-state index in [0.29, 0.717) is 12.1 Å². The van der Waals surface area contributed by atoms with Gasteiger partial charge in [-0.2, -0.15) is 0 Å². The van der Waals surface area contributed by atoms with Crippen molar-refractivity contribution in [2.45, 2.75) is 32.2 Å².